The average molecular weight is 329 g/mol. The van der Waals surface area contributed by atoms with E-state index < -0.39 is 0 Å². The highest BCUT2D eigenvalue weighted by atomic mass is 32.1. The molecule has 0 amide bonds. The Morgan fingerprint density at radius 2 is 2.09 bits per heavy atom. The van der Waals surface area contributed by atoms with Crippen molar-refractivity contribution in [2.45, 2.75) is 33.2 Å². The standard InChI is InChI=1S/C18H23N3OS/c1-5-15(14-9-8-12(2)11-13(14)3)20-18(23)21-17-16(22-4)7-6-10-19-17/h6-11,15H,5H2,1-4H3,(H2,19,20,21,23)/t15-/m0/s1. The Labute approximate surface area is 143 Å². The molecule has 0 aliphatic carbocycles. The number of pyridine rings is 1. The third-order valence-corrected chi connectivity index (χ3v) is 3.96. The first kappa shape index (κ1) is 17.2. The molecule has 0 saturated heterocycles. The summed E-state index contributed by atoms with van der Waals surface area (Å²) in [5.74, 6) is 1.28. The van der Waals surface area contributed by atoms with Crippen LogP contribution in [0.25, 0.3) is 0 Å². The van der Waals surface area contributed by atoms with Crippen molar-refractivity contribution in [2.24, 2.45) is 0 Å². The van der Waals surface area contributed by atoms with E-state index in [2.05, 4.69) is 54.6 Å². The molecule has 122 valence electrons. The second kappa shape index (κ2) is 7.92. The molecule has 0 unspecified atom stereocenters. The molecule has 23 heavy (non-hydrogen) atoms. The smallest absolute Gasteiger partial charge is 0.174 e. The van der Waals surface area contributed by atoms with Gasteiger partial charge in [-0.05, 0) is 55.7 Å². The Kier molecular flexibility index (Phi) is 5.93. The number of thiocarbonyl (C=S) groups is 1. The maximum absolute atomic E-state index is 5.44. The van der Waals surface area contributed by atoms with Crippen molar-refractivity contribution in [1.29, 1.82) is 0 Å². The summed E-state index contributed by atoms with van der Waals surface area (Å²) in [6.45, 7) is 6.37. The van der Waals surface area contributed by atoms with E-state index in [0.717, 1.165) is 6.42 Å². The zero-order valence-corrected chi connectivity index (χ0v) is 14.8. The summed E-state index contributed by atoms with van der Waals surface area (Å²) < 4.78 is 5.28. The maximum Gasteiger partial charge on any atom is 0.174 e. The number of aryl methyl sites for hydroxylation is 2. The molecule has 0 aliphatic heterocycles. The maximum atomic E-state index is 5.44. The van der Waals surface area contributed by atoms with Crippen molar-refractivity contribution in [3.8, 4) is 5.75 Å². The van der Waals surface area contributed by atoms with Crippen LogP contribution in [0.15, 0.2) is 36.5 Å². The molecule has 1 aromatic carbocycles. The molecule has 0 aliphatic rings. The first-order valence-electron chi connectivity index (χ1n) is 7.68. The largest absolute Gasteiger partial charge is 0.493 e. The SMILES string of the molecule is CC[C@H](NC(=S)Nc1ncccc1OC)c1ccc(C)cc1C. The zero-order valence-electron chi connectivity index (χ0n) is 14.0. The number of nitrogens with zero attached hydrogens (tertiary/aromatic N) is 1. The molecule has 0 radical (unpaired) electrons. The second-order valence-corrected chi connectivity index (χ2v) is 5.88. The highest BCUT2D eigenvalue weighted by molar-refractivity contribution is 7.80. The van der Waals surface area contributed by atoms with Crippen LogP contribution in [0.4, 0.5) is 5.82 Å². The van der Waals surface area contributed by atoms with Crippen LogP contribution in [0.5, 0.6) is 5.75 Å². The zero-order chi connectivity index (χ0) is 16.8. The molecule has 2 N–H and O–H groups in total. The van der Waals surface area contributed by atoms with Gasteiger partial charge in [0.25, 0.3) is 0 Å². The number of methoxy groups -OCH3 is 1. The van der Waals surface area contributed by atoms with E-state index in [0.29, 0.717) is 16.7 Å². The third-order valence-electron chi connectivity index (χ3n) is 3.74. The van der Waals surface area contributed by atoms with Crippen LogP contribution in [-0.2, 0) is 0 Å². The lowest BCUT2D eigenvalue weighted by Crippen LogP contribution is -2.32. The van der Waals surface area contributed by atoms with E-state index in [1.54, 1.807) is 13.3 Å². The monoisotopic (exact) mass is 329 g/mol. The number of benzene rings is 1. The number of hydrogen-bond acceptors (Lipinski definition) is 3. The van der Waals surface area contributed by atoms with Crippen LogP contribution in [0.2, 0.25) is 0 Å². The van der Waals surface area contributed by atoms with Crippen molar-refractivity contribution in [1.82, 2.24) is 10.3 Å². The molecular weight excluding hydrogens is 306 g/mol. The van der Waals surface area contributed by atoms with Crippen molar-refractivity contribution in [3.05, 3.63) is 53.2 Å². The molecular formula is C18H23N3OS. The van der Waals surface area contributed by atoms with E-state index in [4.69, 9.17) is 17.0 Å². The molecule has 1 atom stereocenters. The van der Waals surface area contributed by atoms with Gasteiger partial charge >= 0.3 is 0 Å². The predicted octanol–water partition coefficient (Wildman–Crippen LogP) is 4.14. The molecule has 0 saturated carbocycles. The molecule has 0 bridgehead atoms. The lowest BCUT2D eigenvalue weighted by atomic mass is 9.98. The number of hydrogen-bond donors (Lipinski definition) is 2. The van der Waals surface area contributed by atoms with Gasteiger partial charge in [-0.1, -0.05) is 30.7 Å². The lowest BCUT2D eigenvalue weighted by molar-refractivity contribution is 0.415. The normalized spacial score (nSPS) is 11.7. The van der Waals surface area contributed by atoms with Gasteiger partial charge in [-0.2, -0.15) is 0 Å². The van der Waals surface area contributed by atoms with Crippen LogP contribution in [0.1, 0.15) is 36.1 Å². The van der Waals surface area contributed by atoms with Gasteiger partial charge in [0.05, 0.1) is 13.2 Å². The number of aromatic nitrogens is 1. The van der Waals surface area contributed by atoms with Gasteiger partial charge in [0, 0.05) is 6.20 Å². The molecule has 2 aromatic rings. The van der Waals surface area contributed by atoms with Gasteiger partial charge in [0.1, 0.15) is 0 Å². The van der Waals surface area contributed by atoms with Crippen LogP contribution >= 0.6 is 12.2 Å². The minimum Gasteiger partial charge on any atom is -0.493 e. The van der Waals surface area contributed by atoms with Crippen molar-refractivity contribution < 1.29 is 4.74 Å². The Morgan fingerprint density at radius 1 is 1.30 bits per heavy atom. The van der Waals surface area contributed by atoms with E-state index in [1.165, 1.54) is 16.7 Å². The van der Waals surface area contributed by atoms with Gasteiger partial charge in [-0.25, -0.2) is 4.98 Å². The van der Waals surface area contributed by atoms with Gasteiger partial charge < -0.3 is 15.4 Å². The van der Waals surface area contributed by atoms with Gasteiger partial charge in [-0.15, -0.1) is 0 Å². The van der Waals surface area contributed by atoms with E-state index in [9.17, 15) is 0 Å². The summed E-state index contributed by atoms with van der Waals surface area (Å²) in [7, 11) is 1.61. The molecule has 0 spiro atoms. The Balaban J connectivity index is 2.11. The number of nitrogens with one attached hydrogen (secondary N) is 2. The highest BCUT2D eigenvalue weighted by Gasteiger charge is 2.14. The number of ether oxygens (including phenoxy) is 1. The van der Waals surface area contributed by atoms with Crippen LogP contribution in [0, 0.1) is 13.8 Å². The Hall–Kier alpha value is -2.14. The summed E-state index contributed by atoms with van der Waals surface area (Å²) in [6.07, 6.45) is 2.64. The Morgan fingerprint density at radius 3 is 2.74 bits per heavy atom. The fraction of sp³-hybridized carbons (Fsp3) is 0.333. The van der Waals surface area contributed by atoms with Crippen LogP contribution < -0.4 is 15.4 Å². The first-order valence-corrected chi connectivity index (χ1v) is 8.09. The second-order valence-electron chi connectivity index (χ2n) is 5.47. The van der Waals surface area contributed by atoms with Crippen LogP contribution in [0.3, 0.4) is 0 Å². The fourth-order valence-corrected chi connectivity index (χ4v) is 2.81. The topological polar surface area (TPSA) is 46.2 Å². The third kappa shape index (κ3) is 4.42. The number of rotatable bonds is 5. The van der Waals surface area contributed by atoms with Crippen LogP contribution in [-0.4, -0.2) is 17.2 Å². The first-order chi connectivity index (χ1) is 11.0. The van der Waals surface area contributed by atoms with E-state index >= 15 is 0 Å². The summed E-state index contributed by atoms with van der Waals surface area (Å²) in [5, 5.41) is 7.01. The predicted molar refractivity (Wildman–Crippen MR) is 99.1 cm³/mol. The summed E-state index contributed by atoms with van der Waals surface area (Å²) in [5.41, 5.74) is 3.79. The minimum atomic E-state index is 0.158. The highest BCUT2D eigenvalue weighted by Crippen LogP contribution is 2.23. The van der Waals surface area contributed by atoms with Gasteiger partial charge in [0.2, 0.25) is 0 Å². The van der Waals surface area contributed by atoms with Gasteiger partial charge in [-0.3, -0.25) is 0 Å². The van der Waals surface area contributed by atoms with E-state index in [1.807, 2.05) is 12.1 Å². The minimum absolute atomic E-state index is 0.158. The van der Waals surface area contributed by atoms with E-state index in [-0.39, 0.29) is 6.04 Å². The quantitative estimate of drug-likeness (QED) is 0.807. The summed E-state index contributed by atoms with van der Waals surface area (Å²) >= 11 is 5.44. The lowest BCUT2D eigenvalue weighted by Gasteiger charge is -2.22. The molecule has 5 heteroatoms. The molecule has 2 rings (SSSR count). The molecule has 1 heterocycles. The van der Waals surface area contributed by atoms with Crippen molar-refractivity contribution in [2.75, 3.05) is 12.4 Å². The fourth-order valence-electron chi connectivity index (χ4n) is 2.57. The van der Waals surface area contributed by atoms with Gasteiger partial charge in [0.15, 0.2) is 16.7 Å². The van der Waals surface area contributed by atoms with Crippen molar-refractivity contribution in [3.63, 3.8) is 0 Å². The average Bonchev–Trinajstić information content (AvgIpc) is 2.53. The molecule has 1 aromatic heterocycles. The summed E-state index contributed by atoms with van der Waals surface area (Å²) in [6, 6.07) is 10.3. The number of anilines is 1. The summed E-state index contributed by atoms with van der Waals surface area (Å²) in [4.78, 5) is 4.26. The molecule has 4 nitrogen and oxygen atoms in total. The Bertz CT molecular complexity index is 688. The molecule has 0 fully saturated rings. The van der Waals surface area contributed by atoms with Crippen molar-refractivity contribution >= 4 is 23.1 Å².